The molecule has 8 heteroatoms. The highest BCUT2D eigenvalue weighted by Gasteiger charge is 2.33. The molecule has 1 atom stereocenters. The van der Waals surface area contributed by atoms with Crippen LogP contribution < -0.4 is 4.31 Å². The molecular formula is C19H20ClFN2O3S. The highest BCUT2D eigenvalue weighted by atomic mass is 35.5. The molecule has 27 heavy (non-hydrogen) atoms. The third-order valence-electron chi connectivity index (χ3n) is 4.64. The van der Waals surface area contributed by atoms with Crippen LogP contribution in [0.3, 0.4) is 0 Å². The molecule has 1 aliphatic heterocycles. The second-order valence-corrected chi connectivity index (χ2v) is 9.08. The first kappa shape index (κ1) is 19.6. The lowest BCUT2D eigenvalue weighted by molar-refractivity contribution is 0.0784. The molecule has 0 saturated carbocycles. The van der Waals surface area contributed by atoms with Crippen molar-refractivity contribution in [2.24, 2.45) is 0 Å². The molecule has 0 fully saturated rings. The summed E-state index contributed by atoms with van der Waals surface area (Å²) in [5, 5.41) is 0.265. The van der Waals surface area contributed by atoms with E-state index < -0.39 is 15.8 Å². The normalized spacial score (nSPS) is 16.3. The molecule has 1 unspecified atom stereocenters. The monoisotopic (exact) mass is 410 g/mol. The molecule has 1 aliphatic rings. The third-order valence-corrected chi connectivity index (χ3v) is 6.27. The second-order valence-electron chi connectivity index (χ2n) is 6.82. The van der Waals surface area contributed by atoms with Crippen LogP contribution in [-0.2, 0) is 23.0 Å². The number of carbonyl (C=O) groups is 1. The summed E-state index contributed by atoms with van der Waals surface area (Å²) in [5.41, 5.74) is 2.08. The number of nitrogens with zero attached hydrogens (tertiary/aromatic N) is 2. The van der Waals surface area contributed by atoms with E-state index in [2.05, 4.69) is 0 Å². The summed E-state index contributed by atoms with van der Waals surface area (Å²) in [6.45, 7) is 1.86. The number of fused-ring (bicyclic) bond motifs is 1. The molecule has 0 aliphatic carbocycles. The van der Waals surface area contributed by atoms with Crippen molar-refractivity contribution in [1.82, 2.24) is 4.90 Å². The largest absolute Gasteiger partial charge is 0.337 e. The van der Waals surface area contributed by atoms with Gasteiger partial charge in [0.05, 0.1) is 11.9 Å². The molecular weight excluding hydrogens is 391 g/mol. The molecule has 5 nitrogen and oxygen atoms in total. The van der Waals surface area contributed by atoms with E-state index >= 15 is 0 Å². The van der Waals surface area contributed by atoms with Gasteiger partial charge in [0.1, 0.15) is 5.82 Å². The summed E-state index contributed by atoms with van der Waals surface area (Å²) in [6.07, 6.45) is 1.70. The van der Waals surface area contributed by atoms with Crippen LogP contribution in [0.15, 0.2) is 36.4 Å². The second kappa shape index (κ2) is 7.13. The van der Waals surface area contributed by atoms with Crippen LogP contribution in [0.5, 0.6) is 0 Å². The maximum Gasteiger partial charge on any atom is 0.253 e. The van der Waals surface area contributed by atoms with Gasteiger partial charge in [-0.25, -0.2) is 12.8 Å². The fourth-order valence-electron chi connectivity index (χ4n) is 3.45. The summed E-state index contributed by atoms with van der Waals surface area (Å²) < 4.78 is 39.4. The Hall–Kier alpha value is -2.12. The van der Waals surface area contributed by atoms with Gasteiger partial charge in [0.2, 0.25) is 10.0 Å². The molecule has 144 valence electrons. The lowest BCUT2D eigenvalue weighted by Gasteiger charge is -2.22. The van der Waals surface area contributed by atoms with Crippen molar-refractivity contribution in [2.45, 2.75) is 25.9 Å². The van der Waals surface area contributed by atoms with Gasteiger partial charge < -0.3 is 4.90 Å². The Morgan fingerprint density at radius 3 is 2.67 bits per heavy atom. The van der Waals surface area contributed by atoms with E-state index in [1.807, 2.05) is 6.92 Å². The van der Waals surface area contributed by atoms with Crippen molar-refractivity contribution in [3.8, 4) is 0 Å². The van der Waals surface area contributed by atoms with Crippen LogP contribution in [0.4, 0.5) is 10.1 Å². The number of halogens is 2. The number of carbonyl (C=O) groups excluding carboxylic acids is 1. The van der Waals surface area contributed by atoms with Gasteiger partial charge in [0.25, 0.3) is 5.91 Å². The smallest absolute Gasteiger partial charge is 0.253 e. The zero-order valence-corrected chi connectivity index (χ0v) is 16.8. The summed E-state index contributed by atoms with van der Waals surface area (Å²) in [6, 6.07) is 9.14. The van der Waals surface area contributed by atoms with Crippen molar-refractivity contribution in [2.75, 3.05) is 17.6 Å². The van der Waals surface area contributed by atoms with Crippen LogP contribution in [0, 0.1) is 5.82 Å². The average Bonchev–Trinajstić information content (AvgIpc) is 2.92. The maximum atomic E-state index is 14.0. The van der Waals surface area contributed by atoms with Crippen molar-refractivity contribution in [3.05, 3.63) is 63.9 Å². The molecule has 3 rings (SSSR count). The number of rotatable bonds is 4. The zero-order valence-electron chi connectivity index (χ0n) is 15.2. The Morgan fingerprint density at radius 2 is 2.04 bits per heavy atom. The molecule has 0 radical (unpaired) electrons. The first-order valence-corrected chi connectivity index (χ1v) is 10.6. The van der Waals surface area contributed by atoms with Gasteiger partial charge in [-0.15, -0.1) is 0 Å². The van der Waals surface area contributed by atoms with Crippen molar-refractivity contribution in [3.63, 3.8) is 0 Å². The van der Waals surface area contributed by atoms with Crippen LogP contribution >= 0.6 is 11.6 Å². The fraction of sp³-hybridized carbons (Fsp3) is 0.316. The maximum absolute atomic E-state index is 14.0. The lowest BCUT2D eigenvalue weighted by Crippen LogP contribution is -2.34. The Balaban J connectivity index is 1.86. The molecule has 0 bridgehead atoms. The highest BCUT2D eigenvalue weighted by molar-refractivity contribution is 7.92. The summed E-state index contributed by atoms with van der Waals surface area (Å²) in [7, 11) is -1.81. The van der Waals surface area contributed by atoms with Crippen LogP contribution in [-0.4, -0.2) is 38.6 Å². The predicted octanol–water partition coefficient (Wildman–Crippen LogP) is 3.46. The Labute approximate surface area is 163 Å². The quantitative estimate of drug-likeness (QED) is 0.775. The minimum atomic E-state index is -3.38. The first-order valence-electron chi connectivity index (χ1n) is 8.40. The van der Waals surface area contributed by atoms with Gasteiger partial charge in [-0.3, -0.25) is 9.10 Å². The van der Waals surface area contributed by atoms with E-state index in [9.17, 15) is 17.6 Å². The van der Waals surface area contributed by atoms with Gasteiger partial charge in [0, 0.05) is 35.8 Å². The molecule has 0 saturated heterocycles. The van der Waals surface area contributed by atoms with Crippen molar-refractivity contribution < 1.29 is 17.6 Å². The van der Waals surface area contributed by atoms with Gasteiger partial charge in [-0.05, 0) is 49.2 Å². The van der Waals surface area contributed by atoms with Crippen LogP contribution in [0.25, 0.3) is 0 Å². The van der Waals surface area contributed by atoms with E-state index in [0.717, 1.165) is 5.56 Å². The predicted molar refractivity (Wildman–Crippen MR) is 104 cm³/mol. The van der Waals surface area contributed by atoms with Crippen LogP contribution in [0.1, 0.15) is 28.4 Å². The van der Waals surface area contributed by atoms with Gasteiger partial charge in [-0.2, -0.15) is 0 Å². The minimum absolute atomic E-state index is 0.0350. The van der Waals surface area contributed by atoms with Crippen LogP contribution in [0.2, 0.25) is 5.02 Å². The SMILES string of the molecule is CC1Cc2cc(C(=O)N(C)Cc3c(F)cccc3Cl)ccc2N1S(C)(=O)=O. The highest BCUT2D eigenvalue weighted by Crippen LogP contribution is 2.35. The van der Waals surface area contributed by atoms with E-state index in [0.29, 0.717) is 17.7 Å². The van der Waals surface area contributed by atoms with E-state index in [1.54, 1.807) is 31.3 Å². The minimum Gasteiger partial charge on any atom is -0.337 e. The number of hydrogen-bond acceptors (Lipinski definition) is 3. The standard InChI is InChI=1S/C19H20ClFN2O3S/c1-12-9-14-10-13(7-8-18(14)23(12)27(3,25)26)19(24)22(2)11-15-16(20)5-4-6-17(15)21/h4-8,10,12H,9,11H2,1-3H3. The van der Waals surface area contributed by atoms with Gasteiger partial charge >= 0.3 is 0 Å². The van der Waals surface area contributed by atoms with Crippen molar-refractivity contribution in [1.29, 1.82) is 0 Å². The van der Waals surface area contributed by atoms with E-state index in [-0.39, 0.29) is 29.1 Å². The summed E-state index contributed by atoms with van der Waals surface area (Å²) in [5.74, 6) is -0.753. The molecule has 0 N–H and O–H groups in total. The molecule has 0 aromatic heterocycles. The fourth-order valence-corrected chi connectivity index (χ4v) is 4.94. The zero-order chi connectivity index (χ0) is 19.9. The average molecular weight is 411 g/mol. The molecule has 2 aromatic carbocycles. The number of hydrogen-bond donors (Lipinski definition) is 0. The Morgan fingerprint density at radius 1 is 1.33 bits per heavy atom. The first-order chi connectivity index (χ1) is 12.6. The van der Waals surface area contributed by atoms with Crippen molar-refractivity contribution >= 4 is 33.2 Å². The lowest BCUT2D eigenvalue weighted by atomic mass is 10.1. The number of sulfonamides is 1. The number of anilines is 1. The summed E-state index contributed by atoms with van der Waals surface area (Å²) in [4.78, 5) is 14.1. The molecule has 0 spiro atoms. The number of benzene rings is 2. The number of amides is 1. The molecule has 2 aromatic rings. The summed E-state index contributed by atoms with van der Waals surface area (Å²) >= 11 is 6.04. The topological polar surface area (TPSA) is 57.7 Å². The molecule has 1 amide bonds. The van der Waals surface area contributed by atoms with E-state index in [1.165, 1.54) is 27.6 Å². The van der Waals surface area contributed by atoms with E-state index in [4.69, 9.17) is 11.6 Å². The molecule has 1 heterocycles. The Kier molecular flexibility index (Phi) is 5.18. The van der Waals surface area contributed by atoms with Gasteiger partial charge in [0.15, 0.2) is 0 Å². The Bertz CT molecular complexity index is 990. The van der Waals surface area contributed by atoms with Gasteiger partial charge in [-0.1, -0.05) is 17.7 Å². The third kappa shape index (κ3) is 3.80.